The minimum atomic E-state index is -0.314. The first-order valence-electron chi connectivity index (χ1n) is 7.89. The van der Waals surface area contributed by atoms with Gasteiger partial charge in [0.2, 0.25) is 0 Å². The zero-order valence-corrected chi connectivity index (χ0v) is 16.5. The lowest BCUT2D eigenvalue weighted by Crippen LogP contribution is -2.19. The lowest BCUT2D eigenvalue weighted by Gasteiger charge is -1.98. The maximum atomic E-state index is 12.8. The van der Waals surface area contributed by atoms with Crippen molar-refractivity contribution >= 4 is 47.0 Å². The van der Waals surface area contributed by atoms with E-state index in [-0.39, 0.29) is 17.5 Å². The number of rotatable bonds is 8. The number of hydrogen-bond acceptors (Lipinski definition) is 7. The van der Waals surface area contributed by atoms with Crippen molar-refractivity contribution in [1.82, 2.24) is 15.6 Å². The molecule has 0 aliphatic heterocycles. The number of carbonyl (C=O) groups is 1. The number of aromatic nitrogens is 2. The van der Waals surface area contributed by atoms with Gasteiger partial charge in [-0.05, 0) is 23.3 Å². The maximum absolute atomic E-state index is 12.8. The van der Waals surface area contributed by atoms with E-state index in [9.17, 15) is 9.18 Å². The molecule has 0 saturated heterocycles. The highest BCUT2D eigenvalue weighted by molar-refractivity contribution is 8.03. The monoisotopic (exact) mass is 418 g/mol. The van der Waals surface area contributed by atoms with Gasteiger partial charge in [-0.3, -0.25) is 4.79 Å². The lowest BCUT2D eigenvalue weighted by atomic mass is 10.2. The fourth-order valence-corrected chi connectivity index (χ4v) is 4.69. The molecule has 138 valence electrons. The predicted octanol–water partition coefficient (Wildman–Crippen LogP) is 4.21. The van der Waals surface area contributed by atoms with E-state index in [1.54, 1.807) is 23.9 Å². The number of halogens is 1. The number of carbonyl (C=O) groups excluding carboxylic acids is 1. The quantitative estimate of drug-likeness (QED) is 0.337. The normalized spacial score (nSPS) is 11.0. The van der Waals surface area contributed by atoms with Crippen LogP contribution in [-0.4, -0.2) is 28.1 Å². The van der Waals surface area contributed by atoms with Crippen molar-refractivity contribution in [2.75, 3.05) is 5.75 Å². The molecule has 0 fully saturated rings. The fraction of sp³-hybridized carbons (Fsp3) is 0.111. The zero-order valence-electron chi connectivity index (χ0n) is 14.0. The van der Waals surface area contributed by atoms with Gasteiger partial charge in [0.15, 0.2) is 8.68 Å². The van der Waals surface area contributed by atoms with Gasteiger partial charge >= 0.3 is 0 Å². The van der Waals surface area contributed by atoms with Crippen LogP contribution in [0.5, 0.6) is 0 Å². The van der Waals surface area contributed by atoms with Crippen molar-refractivity contribution in [1.29, 1.82) is 0 Å². The van der Waals surface area contributed by atoms with Gasteiger partial charge in [0.1, 0.15) is 5.82 Å². The van der Waals surface area contributed by atoms with E-state index in [0.29, 0.717) is 5.56 Å². The molecule has 0 spiro atoms. The summed E-state index contributed by atoms with van der Waals surface area (Å²) in [5, 5.41) is 12.1. The minimum Gasteiger partial charge on any atom is -0.272 e. The summed E-state index contributed by atoms with van der Waals surface area (Å²) in [6.07, 6.45) is 1.46. The third-order valence-electron chi connectivity index (χ3n) is 3.19. The number of benzene rings is 2. The standard InChI is InChI=1S/C18H15FN4OS3/c19-15-8-6-13(7-9-15)10-20-21-16(24)12-26-18-23-22-17(27-18)25-11-14-4-2-1-3-5-14/h1-10H,11-12H2,(H,21,24)/b20-10+. The molecular formula is C18H15FN4OS3. The van der Waals surface area contributed by atoms with Crippen molar-refractivity contribution < 1.29 is 9.18 Å². The van der Waals surface area contributed by atoms with E-state index < -0.39 is 0 Å². The average Bonchev–Trinajstić information content (AvgIpc) is 3.15. The molecule has 0 saturated carbocycles. The molecule has 1 heterocycles. The Balaban J connectivity index is 1.40. The van der Waals surface area contributed by atoms with Gasteiger partial charge in [-0.25, -0.2) is 9.82 Å². The van der Waals surface area contributed by atoms with E-state index in [4.69, 9.17) is 0 Å². The first-order chi connectivity index (χ1) is 13.2. The highest BCUT2D eigenvalue weighted by Gasteiger charge is 2.08. The highest BCUT2D eigenvalue weighted by Crippen LogP contribution is 2.30. The topological polar surface area (TPSA) is 67.2 Å². The summed E-state index contributed by atoms with van der Waals surface area (Å²) in [6, 6.07) is 16.0. The van der Waals surface area contributed by atoms with Crippen LogP contribution in [0.15, 0.2) is 68.4 Å². The number of amides is 1. The van der Waals surface area contributed by atoms with E-state index in [0.717, 1.165) is 14.4 Å². The summed E-state index contributed by atoms with van der Waals surface area (Å²) in [4.78, 5) is 11.8. The molecule has 3 rings (SSSR count). The van der Waals surface area contributed by atoms with Crippen LogP contribution in [0, 0.1) is 5.82 Å². The third-order valence-corrected chi connectivity index (χ3v) is 6.45. The van der Waals surface area contributed by atoms with Crippen molar-refractivity contribution in [3.63, 3.8) is 0 Å². The zero-order chi connectivity index (χ0) is 18.9. The Kier molecular flexibility index (Phi) is 7.37. The first kappa shape index (κ1) is 19.5. The van der Waals surface area contributed by atoms with Gasteiger partial charge < -0.3 is 0 Å². The van der Waals surface area contributed by atoms with Crippen LogP contribution in [-0.2, 0) is 10.5 Å². The summed E-state index contributed by atoms with van der Waals surface area (Å²) in [7, 11) is 0. The Hall–Kier alpha value is -2.23. The van der Waals surface area contributed by atoms with E-state index in [1.165, 1.54) is 47.0 Å². The number of hydrogen-bond donors (Lipinski definition) is 1. The van der Waals surface area contributed by atoms with Gasteiger partial charge in [-0.1, -0.05) is 77.3 Å². The fourth-order valence-electron chi connectivity index (χ4n) is 1.92. The van der Waals surface area contributed by atoms with Crippen LogP contribution in [0.3, 0.4) is 0 Å². The summed E-state index contributed by atoms with van der Waals surface area (Å²) in [5.41, 5.74) is 4.37. The third kappa shape index (κ3) is 6.78. The van der Waals surface area contributed by atoms with E-state index in [1.807, 2.05) is 18.2 Å². The van der Waals surface area contributed by atoms with Crippen molar-refractivity contribution in [3.8, 4) is 0 Å². The van der Waals surface area contributed by atoms with Crippen molar-refractivity contribution in [2.24, 2.45) is 5.10 Å². The second-order valence-electron chi connectivity index (χ2n) is 5.24. The van der Waals surface area contributed by atoms with Crippen LogP contribution in [0.25, 0.3) is 0 Å². The first-order valence-corrected chi connectivity index (χ1v) is 10.7. The molecule has 27 heavy (non-hydrogen) atoms. The molecule has 0 aliphatic carbocycles. The van der Waals surface area contributed by atoms with Crippen LogP contribution < -0.4 is 5.43 Å². The second kappa shape index (κ2) is 10.2. The van der Waals surface area contributed by atoms with Gasteiger partial charge in [0.05, 0.1) is 12.0 Å². The Morgan fingerprint density at radius 3 is 2.52 bits per heavy atom. The molecule has 0 bridgehead atoms. The summed E-state index contributed by atoms with van der Waals surface area (Å²) in [5.74, 6) is 0.468. The summed E-state index contributed by atoms with van der Waals surface area (Å²) in [6.45, 7) is 0. The second-order valence-corrected chi connectivity index (χ2v) is 8.66. The van der Waals surface area contributed by atoms with E-state index in [2.05, 4.69) is 32.9 Å². The molecule has 9 heteroatoms. The minimum absolute atomic E-state index is 0.193. The van der Waals surface area contributed by atoms with E-state index >= 15 is 0 Å². The number of nitrogens with one attached hydrogen (secondary N) is 1. The Morgan fingerprint density at radius 2 is 1.78 bits per heavy atom. The molecule has 5 nitrogen and oxygen atoms in total. The van der Waals surface area contributed by atoms with Crippen molar-refractivity contribution in [2.45, 2.75) is 14.4 Å². The maximum Gasteiger partial charge on any atom is 0.250 e. The predicted molar refractivity (Wildman–Crippen MR) is 109 cm³/mol. The lowest BCUT2D eigenvalue weighted by molar-refractivity contribution is -0.118. The summed E-state index contributed by atoms with van der Waals surface area (Å²) >= 11 is 4.40. The molecule has 1 aromatic heterocycles. The molecule has 2 aromatic carbocycles. The highest BCUT2D eigenvalue weighted by atomic mass is 32.2. The largest absolute Gasteiger partial charge is 0.272 e. The van der Waals surface area contributed by atoms with Gasteiger partial charge in [0, 0.05) is 5.75 Å². The molecule has 1 amide bonds. The van der Waals surface area contributed by atoms with Crippen LogP contribution >= 0.6 is 34.9 Å². The Labute approximate surface area is 168 Å². The molecular weight excluding hydrogens is 403 g/mol. The molecule has 0 radical (unpaired) electrons. The average molecular weight is 419 g/mol. The number of hydrazone groups is 1. The van der Waals surface area contributed by atoms with Gasteiger partial charge in [-0.15, -0.1) is 10.2 Å². The number of thioether (sulfide) groups is 2. The van der Waals surface area contributed by atoms with Crippen LogP contribution in [0.2, 0.25) is 0 Å². The molecule has 1 N–H and O–H groups in total. The Morgan fingerprint density at radius 1 is 1.07 bits per heavy atom. The summed E-state index contributed by atoms with van der Waals surface area (Å²) < 4.78 is 14.4. The van der Waals surface area contributed by atoms with Gasteiger partial charge in [-0.2, -0.15) is 5.10 Å². The van der Waals surface area contributed by atoms with Crippen LogP contribution in [0.1, 0.15) is 11.1 Å². The molecule has 0 atom stereocenters. The SMILES string of the molecule is O=C(CSc1nnc(SCc2ccccc2)s1)N/N=C/c1ccc(F)cc1. The molecule has 0 aliphatic rings. The van der Waals surface area contributed by atoms with Gasteiger partial charge in [0.25, 0.3) is 5.91 Å². The van der Waals surface area contributed by atoms with Crippen molar-refractivity contribution in [3.05, 3.63) is 71.5 Å². The van der Waals surface area contributed by atoms with Crippen LogP contribution in [0.4, 0.5) is 4.39 Å². The molecule has 0 unspecified atom stereocenters. The number of nitrogens with zero attached hydrogens (tertiary/aromatic N) is 3. The smallest absolute Gasteiger partial charge is 0.250 e. The molecule has 3 aromatic rings. The Bertz CT molecular complexity index is 900.